The van der Waals surface area contributed by atoms with Crippen LogP contribution in [-0.4, -0.2) is 27.3 Å². The molecule has 0 amide bonds. The van der Waals surface area contributed by atoms with Crippen LogP contribution in [0.25, 0.3) is 0 Å². The number of ether oxygens (including phenoxy) is 1. The van der Waals surface area contributed by atoms with E-state index in [0.717, 1.165) is 23.5 Å². The van der Waals surface area contributed by atoms with E-state index in [1.54, 1.807) is 7.11 Å². The van der Waals surface area contributed by atoms with Gasteiger partial charge in [0.2, 0.25) is 0 Å². The van der Waals surface area contributed by atoms with Gasteiger partial charge in [-0.3, -0.25) is 0 Å². The van der Waals surface area contributed by atoms with Crippen molar-refractivity contribution in [2.45, 2.75) is 5.33 Å². The summed E-state index contributed by atoms with van der Waals surface area (Å²) < 4.78 is 5.05. The number of hydrogen-bond donors (Lipinski definition) is 0. The summed E-state index contributed by atoms with van der Waals surface area (Å²) in [4.78, 5) is 2.16. The van der Waals surface area contributed by atoms with E-state index in [1.165, 1.54) is 11.3 Å². The maximum absolute atomic E-state index is 5.94. The number of likely N-dealkylation sites (N-methyl/N-ethyl adjacent to an activating group) is 1. The second-order valence-corrected chi connectivity index (χ2v) is 4.32. The van der Waals surface area contributed by atoms with Gasteiger partial charge in [0.05, 0.1) is 6.61 Å². The fourth-order valence-corrected chi connectivity index (χ4v) is 2.03. The van der Waals surface area contributed by atoms with Crippen molar-refractivity contribution < 1.29 is 4.74 Å². The molecule has 2 nitrogen and oxygen atoms in total. The van der Waals surface area contributed by atoms with Crippen molar-refractivity contribution >= 4 is 33.2 Å². The van der Waals surface area contributed by atoms with Gasteiger partial charge in [-0.1, -0.05) is 27.5 Å². The first kappa shape index (κ1) is 12.8. The number of methoxy groups -OCH3 is 1. The fourth-order valence-electron chi connectivity index (χ4n) is 1.38. The molecule has 0 unspecified atom stereocenters. The van der Waals surface area contributed by atoms with E-state index in [-0.39, 0.29) is 0 Å². The van der Waals surface area contributed by atoms with Crippen molar-refractivity contribution in [3.8, 4) is 0 Å². The molecular weight excluding hydrogens is 277 g/mol. The number of alkyl halides is 1. The summed E-state index contributed by atoms with van der Waals surface area (Å²) in [6.07, 6.45) is 0. The monoisotopic (exact) mass is 291 g/mol. The van der Waals surface area contributed by atoms with Gasteiger partial charge in [0.1, 0.15) is 0 Å². The van der Waals surface area contributed by atoms with Crippen LogP contribution < -0.4 is 4.90 Å². The van der Waals surface area contributed by atoms with Crippen molar-refractivity contribution in [3.63, 3.8) is 0 Å². The average molecular weight is 293 g/mol. The van der Waals surface area contributed by atoms with Gasteiger partial charge in [-0.25, -0.2) is 0 Å². The maximum atomic E-state index is 5.94. The minimum atomic E-state index is 0.723. The van der Waals surface area contributed by atoms with E-state index < -0.39 is 0 Å². The third-order valence-electron chi connectivity index (χ3n) is 2.23. The quantitative estimate of drug-likeness (QED) is 0.772. The minimum Gasteiger partial charge on any atom is -0.383 e. The van der Waals surface area contributed by atoms with Crippen LogP contribution in [0.4, 0.5) is 5.69 Å². The Hall–Kier alpha value is -0.250. The van der Waals surface area contributed by atoms with Gasteiger partial charge in [0, 0.05) is 36.7 Å². The molecular formula is C11H15BrClNO. The van der Waals surface area contributed by atoms with Crippen LogP contribution in [0.3, 0.4) is 0 Å². The molecule has 84 valence electrons. The Bertz CT molecular complexity index is 319. The molecule has 0 saturated carbocycles. The van der Waals surface area contributed by atoms with Crippen LogP contribution in [0.15, 0.2) is 18.2 Å². The van der Waals surface area contributed by atoms with Crippen LogP contribution in [0, 0.1) is 0 Å². The van der Waals surface area contributed by atoms with Gasteiger partial charge < -0.3 is 9.64 Å². The lowest BCUT2D eigenvalue weighted by Gasteiger charge is -2.21. The molecule has 0 N–H and O–H groups in total. The molecule has 1 aromatic rings. The van der Waals surface area contributed by atoms with Crippen LogP contribution in [0.2, 0.25) is 5.02 Å². The van der Waals surface area contributed by atoms with Gasteiger partial charge in [-0.15, -0.1) is 0 Å². The first-order valence-electron chi connectivity index (χ1n) is 4.73. The highest BCUT2D eigenvalue weighted by Gasteiger charge is 2.06. The largest absolute Gasteiger partial charge is 0.383 e. The highest BCUT2D eigenvalue weighted by atomic mass is 79.9. The molecule has 0 aromatic heterocycles. The molecule has 0 aliphatic heterocycles. The molecule has 0 atom stereocenters. The van der Waals surface area contributed by atoms with Gasteiger partial charge in [0.25, 0.3) is 0 Å². The average Bonchev–Trinajstić information content (AvgIpc) is 2.25. The predicted molar refractivity (Wildman–Crippen MR) is 69.2 cm³/mol. The van der Waals surface area contributed by atoms with E-state index in [1.807, 2.05) is 18.2 Å². The standard InChI is InChI=1S/C11H15BrClNO/c1-14(5-6-15-2)11-4-3-10(13)7-9(11)8-12/h3-4,7H,5-6,8H2,1-2H3. The Kier molecular flexibility index (Phi) is 5.43. The van der Waals surface area contributed by atoms with E-state index >= 15 is 0 Å². The summed E-state index contributed by atoms with van der Waals surface area (Å²) in [5.74, 6) is 0. The molecule has 1 aromatic carbocycles. The first-order chi connectivity index (χ1) is 7.19. The molecule has 0 saturated heterocycles. The molecule has 0 heterocycles. The molecule has 0 bridgehead atoms. The molecule has 0 aliphatic carbocycles. The summed E-state index contributed by atoms with van der Waals surface area (Å²) in [5, 5.41) is 1.58. The van der Waals surface area contributed by atoms with Gasteiger partial charge >= 0.3 is 0 Å². The van der Waals surface area contributed by atoms with Crippen molar-refractivity contribution in [1.29, 1.82) is 0 Å². The number of benzene rings is 1. The highest BCUT2D eigenvalue weighted by molar-refractivity contribution is 9.08. The fraction of sp³-hybridized carbons (Fsp3) is 0.455. The van der Waals surface area contributed by atoms with Crippen molar-refractivity contribution in [2.75, 3.05) is 32.2 Å². The lowest BCUT2D eigenvalue weighted by atomic mass is 10.2. The SMILES string of the molecule is COCCN(C)c1ccc(Cl)cc1CBr. The molecule has 0 fully saturated rings. The topological polar surface area (TPSA) is 12.5 Å². The lowest BCUT2D eigenvalue weighted by Crippen LogP contribution is -2.23. The van der Waals surface area contributed by atoms with Gasteiger partial charge in [-0.2, -0.15) is 0 Å². The van der Waals surface area contributed by atoms with E-state index in [0.29, 0.717) is 0 Å². The second kappa shape index (κ2) is 6.36. The van der Waals surface area contributed by atoms with E-state index in [9.17, 15) is 0 Å². The number of nitrogens with zero attached hydrogens (tertiary/aromatic N) is 1. The third kappa shape index (κ3) is 3.67. The zero-order chi connectivity index (χ0) is 11.3. The summed E-state index contributed by atoms with van der Waals surface area (Å²) in [6, 6.07) is 5.93. The number of anilines is 1. The molecule has 4 heteroatoms. The molecule has 0 radical (unpaired) electrons. The first-order valence-corrected chi connectivity index (χ1v) is 6.23. The smallest absolute Gasteiger partial charge is 0.0637 e. The lowest BCUT2D eigenvalue weighted by molar-refractivity contribution is 0.206. The number of hydrogen-bond acceptors (Lipinski definition) is 2. The van der Waals surface area contributed by atoms with Crippen LogP contribution in [-0.2, 0) is 10.1 Å². The Labute approximate surface area is 104 Å². The number of halogens is 2. The van der Waals surface area contributed by atoms with Gasteiger partial charge in [-0.05, 0) is 23.8 Å². The third-order valence-corrected chi connectivity index (χ3v) is 3.07. The van der Waals surface area contributed by atoms with Crippen LogP contribution in [0.1, 0.15) is 5.56 Å². The normalized spacial score (nSPS) is 10.4. The minimum absolute atomic E-state index is 0.723. The summed E-state index contributed by atoms with van der Waals surface area (Å²) in [6.45, 7) is 1.60. The Morgan fingerprint density at radius 2 is 2.20 bits per heavy atom. The molecule has 1 rings (SSSR count). The summed E-state index contributed by atoms with van der Waals surface area (Å²) in [7, 11) is 3.76. The van der Waals surface area contributed by atoms with Crippen LogP contribution >= 0.6 is 27.5 Å². The second-order valence-electron chi connectivity index (χ2n) is 3.32. The summed E-state index contributed by atoms with van der Waals surface area (Å²) >= 11 is 9.40. The summed E-state index contributed by atoms with van der Waals surface area (Å²) in [5.41, 5.74) is 2.38. The Balaban J connectivity index is 2.82. The Morgan fingerprint density at radius 3 is 2.80 bits per heavy atom. The predicted octanol–water partition coefficient (Wildman–Crippen LogP) is 3.32. The van der Waals surface area contributed by atoms with E-state index in [2.05, 4.69) is 27.9 Å². The van der Waals surface area contributed by atoms with Crippen molar-refractivity contribution in [3.05, 3.63) is 28.8 Å². The van der Waals surface area contributed by atoms with Gasteiger partial charge in [0.15, 0.2) is 0 Å². The molecule has 0 spiro atoms. The van der Waals surface area contributed by atoms with Crippen molar-refractivity contribution in [1.82, 2.24) is 0 Å². The highest BCUT2D eigenvalue weighted by Crippen LogP contribution is 2.25. The van der Waals surface area contributed by atoms with E-state index in [4.69, 9.17) is 16.3 Å². The zero-order valence-electron chi connectivity index (χ0n) is 8.96. The van der Waals surface area contributed by atoms with Crippen LogP contribution in [0.5, 0.6) is 0 Å². The zero-order valence-corrected chi connectivity index (χ0v) is 11.3. The maximum Gasteiger partial charge on any atom is 0.0637 e. The van der Waals surface area contributed by atoms with Crippen molar-refractivity contribution in [2.24, 2.45) is 0 Å². The Morgan fingerprint density at radius 1 is 1.47 bits per heavy atom. The molecule has 0 aliphatic rings. The molecule has 15 heavy (non-hydrogen) atoms. The number of rotatable bonds is 5.